The molecule has 11 heteroatoms. The third kappa shape index (κ3) is 6.92. The Kier molecular flexibility index (Phi) is 7.44. The summed E-state index contributed by atoms with van der Waals surface area (Å²) in [7, 11) is 0. The van der Waals surface area contributed by atoms with Gasteiger partial charge in [-0.1, -0.05) is 12.1 Å². The molecular weight excluding hydrogens is 441 g/mol. The largest absolute Gasteiger partial charge is 0.489 e. The standard InChI is InChI=1S/C22H19F3N4O4/c23-22(24,25)16-6-7-19(20(11-16)29(31)32)27-10-8-21(30)28-17-4-1-5-18(12-17)33-14-15-3-2-9-26-13-15/h1-7,9,11-13,27H,8,10,14H2,(H,28,30). The van der Waals surface area contributed by atoms with Crippen molar-refractivity contribution >= 4 is 23.0 Å². The molecule has 172 valence electrons. The lowest BCUT2D eigenvalue weighted by molar-refractivity contribution is -0.384. The quantitative estimate of drug-likeness (QED) is 0.343. The number of aromatic nitrogens is 1. The summed E-state index contributed by atoms with van der Waals surface area (Å²) in [4.78, 5) is 26.4. The van der Waals surface area contributed by atoms with Gasteiger partial charge in [0.25, 0.3) is 5.69 Å². The Balaban J connectivity index is 1.53. The van der Waals surface area contributed by atoms with E-state index in [0.717, 1.165) is 17.7 Å². The lowest BCUT2D eigenvalue weighted by atomic mass is 10.1. The Morgan fingerprint density at radius 2 is 1.94 bits per heavy atom. The van der Waals surface area contributed by atoms with Gasteiger partial charge >= 0.3 is 6.18 Å². The molecule has 0 radical (unpaired) electrons. The molecule has 3 aromatic rings. The fraction of sp³-hybridized carbons (Fsp3) is 0.182. The predicted molar refractivity (Wildman–Crippen MR) is 115 cm³/mol. The molecular formula is C22H19F3N4O4. The van der Waals surface area contributed by atoms with E-state index < -0.39 is 22.4 Å². The molecule has 0 spiro atoms. The van der Waals surface area contributed by atoms with Gasteiger partial charge in [-0.05, 0) is 30.3 Å². The maximum absolute atomic E-state index is 12.8. The highest BCUT2D eigenvalue weighted by Gasteiger charge is 2.33. The average molecular weight is 460 g/mol. The van der Waals surface area contributed by atoms with Crippen LogP contribution in [0.2, 0.25) is 0 Å². The van der Waals surface area contributed by atoms with Gasteiger partial charge in [0, 0.05) is 48.7 Å². The number of halogens is 3. The number of hydrogen-bond acceptors (Lipinski definition) is 6. The molecule has 3 rings (SSSR count). The highest BCUT2D eigenvalue weighted by Crippen LogP contribution is 2.34. The fourth-order valence-electron chi connectivity index (χ4n) is 2.86. The number of nitro benzene ring substituents is 1. The third-order valence-corrected chi connectivity index (χ3v) is 4.44. The number of nitrogens with zero attached hydrogens (tertiary/aromatic N) is 2. The topological polar surface area (TPSA) is 106 Å². The predicted octanol–water partition coefficient (Wildman–Crippen LogP) is 5.03. The molecule has 2 aromatic carbocycles. The van der Waals surface area contributed by atoms with Crippen molar-refractivity contribution in [3.8, 4) is 5.75 Å². The second-order valence-corrected chi connectivity index (χ2v) is 6.89. The number of carbonyl (C=O) groups excluding carboxylic acids is 1. The fourth-order valence-corrected chi connectivity index (χ4v) is 2.86. The van der Waals surface area contributed by atoms with E-state index in [1.165, 1.54) is 0 Å². The summed E-state index contributed by atoms with van der Waals surface area (Å²) in [5.41, 5.74) is -0.571. The number of amides is 1. The van der Waals surface area contributed by atoms with Crippen molar-refractivity contribution in [1.29, 1.82) is 0 Å². The van der Waals surface area contributed by atoms with E-state index in [-0.39, 0.29) is 24.6 Å². The Morgan fingerprint density at radius 3 is 2.64 bits per heavy atom. The first-order chi connectivity index (χ1) is 15.7. The van der Waals surface area contributed by atoms with Gasteiger partial charge in [-0.25, -0.2) is 0 Å². The lowest BCUT2D eigenvalue weighted by Gasteiger charge is -2.11. The Labute approximate surface area is 186 Å². The molecule has 1 aromatic heterocycles. The number of benzene rings is 2. The summed E-state index contributed by atoms with van der Waals surface area (Å²) in [6, 6.07) is 12.6. The van der Waals surface area contributed by atoms with Crippen LogP contribution in [-0.2, 0) is 17.6 Å². The first-order valence-electron chi connectivity index (χ1n) is 9.73. The third-order valence-electron chi connectivity index (χ3n) is 4.44. The van der Waals surface area contributed by atoms with Crippen LogP contribution in [0.1, 0.15) is 17.5 Å². The van der Waals surface area contributed by atoms with Crippen molar-refractivity contribution in [2.45, 2.75) is 19.2 Å². The molecule has 0 saturated heterocycles. The molecule has 0 aliphatic rings. The molecule has 1 amide bonds. The monoisotopic (exact) mass is 460 g/mol. The zero-order valence-corrected chi connectivity index (χ0v) is 17.1. The van der Waals surface area contributed by atoms with Gasteiger partial charge in [-0.3, -0.25) is 19.9 Å². The maximum atomic E-state index is 12.8. The molecule has 0 saturated carbocycles. The molecule has 0 fully saturated rings. The van der Waals surface area contributed by atoms with Crippen LogP contribution in [0.4, 0.5) is 30.2 Å². The number of anilines is 2. The summed E-state index contributed by atoms with van der Waals surface area (Å²) in [5.74, 6) is 0.150. The van der Waals surface area contributed by atoms with E-state index in [4.69, 9.17) is 4.74 Å². The van der Waals surface area contributed by atoms with Crippen LogP contribution in [0.25, 0.3) is 0 Å². The van der Waals surface area contributed by atoms with Gasteiger partial charge in [0.1, 0.15) is 18.0 Å². The van der Waals surface area contributed by atoms with E-state index in [0.29, 0.717) is 24.1 Å². The van der Waals surface area contributed by atoms with Crippen molar-refractivity contribution in [3.63, 3.8) is 0 Å². The summed E-state index contributed by atoms with van der Waals surface area (Å²) < 4.78 is 44.0. The number of hydrogen-bond donors (Lipinski definition) is 2. The summed E-state index contributed by atoms with van der Waals surface area (Å²) in [6.07, 6.45) is -1.43. The van der Waals surface area contributed by atoms with Crippen molar-refractivity contribution in [3.05, 3.63) is 88.2 Å². The van der Waals surface area contributed by atoms with Gasteiger partial charge in [0.05, 0.1) is 10.5 Å². The van der Waals surface area contributed by atoms with E-state index in [1.54, 1.807) is 42.7 Å². The van der Waals surface area contributed by atoms with Crippen LogP contribution in [0, 0.1) is 10.1 Å². The number of rotatable bonds is 9. The minimum atomic E-state index is -4.70. The van der Waals surface area contributed by atoms with Gasteiger partial charge in [-0.15, -0.1) is 0 Å². The van der Waals surface area contributed by atoms with Gasteiger partial charge < -0.3 is 15.4 Å². The van der Waals surface area contributed by atoms with Crippen molar-refractivity contribution in [2.24, 2.45) is 0 Å². The smallest absolute Gasteiger partial charge is 0.416 e. The number of carbonyl (C=O) groups is 1. The minimum Gasteiger partial charge on any atom is -0.489 e. The van der Waals surface area contributed by atoms with E-state index >= 15 is 0 Å². The minimum absolute atomic E-state index is 0.0186. The second-order valence-electron chi connectivity index (χ2n) is 6.89. The zero-order valence-electron chi connectivity index (χ0n) is 17.1. The number of ether oxygens (including phenoxy) is 1. The zero-order chi connectivity index (χ0) is 23.8. The first kappa shape index (κ1) is 23.5. The SMILES string of the molecule is O=C(CCNc1ccc(C(F)(F)F)cc1[N+](=O)[O-])Nc1cccc(OCc2cccnc2)c1. The van der Waals surface area contributed by atoms with Crippen LogP contribution in [-0.4, -0.2) is 22.4 Å². The normalized spacial score (nSPS) is 11.0. The number of pyridine rings is 1. The van der Waals surface area contributed by atoms with Crippen LogP contribution >= 0.6 is 0 Å². The molecule has 0 bridgehead atoms. The number of nitrogens with one attached hydrogen (secondary N) is 2. The first-order valence-corrected chi connectivity index (χ1v) is 9.73. The van der Waals surface area contributed by atoms with E-state index in [2.05, 4.69) is 15.6 Å². The van der Waals surface area contributed by atoms with Gasteiger partial charge in [0.15, 0.2) is 0 Å². The molecule has 8 nitrogen and oxygen atoms in total. The highest BCUT2D eigenvalue weighted by molar-refractivity contribution is 5.91. The van der Waals surface area contributed by atoms with Crippen LogP contribution < -0.4 is 15.4 Å². The Bertz CT molecular complexity index is 1120. The van der Waals surface area contributed by atoms with Crippen LogP contribution in [0.3, 0.4) is 0 Å². The van der Waals surface area contributed by atoms with Crippen LogP contribution in [0.15, 0.2) is 67.0 Å². The van der Waals surface area contributed by atoms with Gasteiger partial charge in [-0.2, -0.15) is 13.2 Å². The molecule has 0 aliphatic carbocycles. The molecule has 0 unspecified atom stereocenters. The van der Waals surface area contributed by atoms with Gasteiger partial charge in [0.2, 0.25) is 5.91 Å². The Morgan fingerprint density at radius 1 is 1.12 bits per heavy atom. The van der Waals surface area contributed by atoms with E-state index in [1.807, 2.05) is 6.07 Å². The molecule has 33 heavy (non-hydrogen) atoms. The molecule has 0 aliphatic heterocycles. The second kappa shape index (κ2) is 10.4. The van der Waals surface area contributed by atoms with E-state index in [9.17, 15) is 28.1 Å². The molecule has 1 heterocycles. The average Bonchev–Trinajstić information content (AvgIpc) is 2.78. The van der Waals surface area contributed by atoms with Crippen molar-refractivity contribution in [1.82, 2.24) is 4.98 Å². The Hall–Kier alpha value is -4.15. The number of nitro groups is 1. The molecule has 0 atom stereocenters. The summed E-state index contributed by atoms with van der Waals surface area (Å²) >= 11 is 0. The molecule has 2 N–H and O–H groups in total. The van der Waals surface area contributed by atoms with Crippen LogP contribution in [0.5, 0.6) is 5.75 Å². The number of alkyl halides is 3. The summed E-state index contributed by atoms with van der Waals surface area (Å²) in [5, 5.41) is 16.4. The maximum Gasteiger partial charge on any atom is 0.416 e. The van der Waals surface area contributed by atoms with Crippen molar-refractivity contribution in [2.75, 3.05) is 17.2 Å². The summed E-state index contributed by atoms with van der Waals surface area (Å²) in [6.45, 7) is 0.288. The van der Waals surface area contributed by atoms with Crippen molar-refractivity contribution < 1.29 is 27.6 Å². The highest BCUT2D eigenvalue weighted by atomic mass is 19.4. The lowest BCUT2D eigenvalue weighted by Crippen LogP contribution is -2.17.